The molecule has 2 amide bonds. The number of nitro groups is 1. The van der Waals surface area contributed by atoms with Crippen molar-refractivity contribution < 1.29 is 14.5 Å². The average molecular weight is 356 g/mol. The molecule has 21 heavy (non-hydrogen) atoms. The number of likely N-dealkylation sites (tertiary alicyclic amines) is 1. The minimum atomic E-state index is -0.644. The van der Waals surface area contributed by atoms with Crippen LogP contribution >= 0.6 is 15.9 Å². The first-order valence-electron chi connectivity index (χ1n) is 6.46. The molecule has 0 saturated carbocycles. The van der Waals surface area contributed by atoms with Gasteiger partial charge in [0.15, 0.2) is 0 Å². The van der Waals surface area contributed by atoms with Crippen LogP contribution in [0.1, 0.15) is 29.6 Å². The maximum Gasteiger partial charge on any atom is 0.284 e. The van der Waals surface area contributed by atoms with E-state index in [0.717, 1.165) is 12.8 Å². The molecule has 112 valence electrons. The van der Waals surface area contributed by atoms with Crippen LogP contribution in [0, 0.1) is 10.1 Å². The van der Waals surface area contributed by atoms with E-state index in [9.17, 15) is 19.7 Å². The lowest BCUT2D eigenvalue weighted by Crippen LogP contribution is -2.50. The highest BCUT2D eigenvalue weighted by molar-refractivity contribution is 9.10. The highest BCUT2D eigenvalue weighted by atomic mass is 79.9. The average Bonchev–Trinajstić information content (AvgIpc) is 2.46. The van der Waals surface area contributed by atoms with Gasteiger partial charge < -0.3 is 10.6 Å². The molecule has 1 aliphatic rings. The Balaban J connectivity index is 2.32. The van der Waals surface area contributed by atoms with E-state index in [1.54, 1.807) is 0 Å². The van der Waals surface area contributed by atoms with Crippen molar-refractivity contribution in [3.63, 3.8) is 0 Å². The number of halogens is 1. The van der Waals surface area contributed by atoms with Gasteiger partial charge in [0.2, 0.25) is 5.91 Å². The zero-order valence-electron chi connectivity index (χ0n) is 11.1. The molecule has 1 saturated heterocycles. The maximum absolute atomic E-state index is 12.5. The fraction of sp³-hybridized carbons (Fsp3) is 0.385. The summed E-state index contributed by atoms with van der Waals surface area (Å²) in [6.45, 7) is 0.427. The number of amides is 2. The molecule has 1 heterocycles. The van der Waals surface area contributed by atoms with Crippen molar-refractivity contribution in [3.8, 4) is 0 Å². The summed E-state index contributed by atoms with van der Waals surface area (Å²) in [5, 5.41) is 10.9. The van der Waals surface area contributed by atoms with Gasteiger partial charge in [-0.25, -0.2) is 0 Å². The Kier molecular flexibility index (Phi) is 4.56. The summed E-state index contributed by atoms with van der Waals surface area (Å²) in [6, 6.07) is 3.51. The van der Waals surface area contributed by atoms with Crippen molar-refractivity contribution in [3.05, 3.63) is 38.3 Å². The maximum atomic E-state index is 12.5. The van der Waals surface area contributed by atoms with Crippen LogP contribution < -0.4 is 5.73 Å². The highest BCUT2D eigenvalue weighted by Crippen LogP contribution is 2.27. The van der Waals surface area contributed by atoms with Crippen molar-refractivity contribution in [1.82, 2.24) is 4.90 Å². The summed E-state index contributed by atoms with van der Waals surface area (Å²) >= 11 is 3.07. The third-order valence-electron chi connectivity index (χ3n) is 3.48. The summed E-state index contributed by atoms with van der Waals surface area (Å²) < 4.78 is 0.300. The van der Waals surface area contributed by atoms with Crippen molar-refractivity contribution in [2.45, 2.75) is 25.3 Å². The third-order valence-corrected chi connectivity index (χ3v) is 4.15. The summed E-state index contributed by atoms with van der Waals surface area (Å²) in [6.07, 6.45) is 2.14. The van der Waals surface area contributed by atoms with Crippen LogP contribution in [-0.2, 0) is 4.79 Å². The van der Waals surface area contributed by atoms with Crippen molar-refractivity contribution in [1.29, 1.82) is 0 Å². The molecule has 1 aromatic rings. The van der Waals surface area contributed by atoms with E-state index < -0.39 is 22.8 Å². The van der Waals surface area contributed by atoms with Gasteiger partial charge in [0, 0.05) is 18.2 Å². The van der Waals surface area contributed by atoms with Gasteiger partial charge in [0.25, 0.3) is 11.6 Å². The molecule has 0 aromatic heterocycles. The van der Waals surface area contributed by atoms with E-state index in [1.165, 1.54) is 23.1 Å². The van der Waals surface area contributed by atoms with Gasteiger partial charge in [-0.2, -0.15) is 0 Å². The molecule has 0 aliphatic carbocycles. The van der Waals surface area contributed by atoms with E-state index in [4.69, 9.17) is 5.73 Å². The predicted molar refractivity (Wildman–Crippen MR) is 78.7 cm³/mol. The van der Waals surface area contributed by atoms with E-state index in [2.05, 4.69) is 15.9 Å². The Bertz CT molecular complexity index is 605. The molecule has 2 rings (SSSR count). The van der Waals surface area contributed by atoms with Crippen molar-refractivity contribution in [2.24, 2.45) is 5.73 Å². The molecule has 7 nitrogen and oxygen atoms in total. The monoisotopic (exact) mass is 355 g/mol. The molecule has 1 aromatic carbocycles. The van der Waals surface area contributed by atoms with Gasteiger partial charge in [-0.1, -0.05) is 0 Å². The standard InChI is InChI=1S/C13H14BrN3O4/c14-9-5-4-8(7-11(9)17(20)21)13(19)16-6-2-1-3-10(16)12(15)18/h4-5,7,10H,1-3,6H2,(H2,15,18). The van der Waals surface area contributed by atoms with Crippen LogP contribution in [0.5, 0.6) is 0 Å². The first-order valence-corrected chi connectivity index (χ1v) is 7.25. The lowest BCUT2D eigenvalue weighted by molar-refractivity contribution is -0.385. The number of nitrogens with zero attached hydrogens (tertiary/aromatic N) is 2. The fourth-order valence-electron chi connectivity index (χ4n) is 2.42. The number of carbonyl (C=O) groups is 2. The number of nitrogens with two attached hydrogens (primary N) is 1. The lowest BCUT2D eigenvalue weighted by atomic mass is 10.00. The zero-order valence-corrected chi connectivity index (χ0v) is 12.7. The molecular weight excluding hydrogens is 342 g/mol. The molecule has 0 radical (unpaired) electrons. The first kappa shape index (κ1) is 15.4. The minimum absolute atomic E-state index is 0.179. The van der Waals surface area contributed by atoms with Gasteiger partial charge in [-0.3, -0.25) is 19.7 Å². The van der Waals surface area contributed by atoms with Crippen LogP contribution in [0.3, 0.4) is 0 Å². The van der Waals surface area contributed by atoms with Crippen LogP contribution in [0.2, 0.25) is 0 Å². The predicted octanol–water partition coefficient (Wildman–Crippen LogP) is 1.84. The van der Waals surface area contributed by atoms with Gasteiger partial charge in [-0.15, -0.1) is 0 Å². The number of rotatable bonds is 3. The second-order valence-electron chi connectivity index (χ2n) is 4.84. The number of carbonyl (C=O) groups excluding carboxylic acids is 2. The largest absolute Gasteiger partial charge is 0.368 e. The molecule has 0 bridgehead atoms. The second kappa shape index (κ2) is 6.21. The summed E-state index contributed by atoms with van der Waals surface area (Å²) in [5.41, 5.74) is 5.32. The van der Waals surface area contributed by atoms with Gasteiger partial charge in [0.05, 0.1) is 9.40 Å². The zero-order chi connectivity index (χ0) is 15.6. The molecule has 0 spiro atoms. The van der Waals surface area contributed by atoms with Crippen LogP contribution in [-0.4, -0.2) is 34.2 Å². The number of primary amides is 1. The molecule has 8 heteroatoms. The van der Waals surface area contributed by atoms with Crippen LogP contribution in [0.15, 0.2) is 22.7 Å². The Morgan fingerprint density at radius 2 is 2.10 bits per heavy atom. The normalized spacial score (nSPS) is 18.3. The Hall–Kier alpha value is -1.96. The molecule has 1 unspecified atom stereocenters. The molecule has 1 aliphatic heterocycles. The SMILES string of the molecule is NC(=O)C1CCCCN1C(=O)c1ccc(Br)c([N+](=O)[O-])c1. The smallest absolute Gasteiger partial charge is 0.284 e. The van der Waals surface area contributed by atoms with E-state index >= 15 is 0 Å². The van der Waals surface area contributed by atoms with Gasteiger partial charge >= 0.3 is 0 Å². The summed E-state index contributed by atoms with van der Waals surface area (Å²) in [7, 11) is 0. The molecule has 1 fully saturated rings. The molecule has 2 N–H and O–H groups in total. The number of piperidine rings is 1. The number of benzene rings is 1. The third kappa shape index (κ3) is 3.21. The topological polar surface area (TPSA) is 107 Å². The fourth-order valence-corrected chi connectivity index (χ4v) is 2.81. The summed E-state index contributed by atoms with van der Waals surface area (Å²) in [5.74, 6) is -0.955. The van der Waals surface area contributed by atoms with Crippen molar-refractivity contribution in [2.75, 3.05) is 6.54 Å². The Labute approximate surface area is 129 Å². The highest BCUT2D eigenvalue weighted by Gasteiger charge is 2.31. The molecule has 1 atom stereocenters. The lowest BCUT2D eigenvalue weighted by Gasteiger charge is -2.33. The van der Waals surface area contributed by atoms with E-state index in [1.807, 2.05) is 0 Å². The van der Waals surface area contributed by atoms with Crippen molar-refractivity contribution >= 4 is 33.4 Å². The van der Waals surface area contributed by atoms with Gasteiger partial charge in [0.1, 0.15) is 6.04 Å². The summed E-state index contributed by atoms with van der Waals surface area (Å²) in [4.78, 5) is 35.7. The van der Waals surface area contributed by atoms with Gasteiger partial charge in [-0.05, 0) is 47.3 Å². The quantitative estimate of drug-likeness (QED) is 0.659. The van der Waals surface area contributed by atoms with E-state index in [-0.39, 0.29) is 11.3 Å². The van der Waals surface area contributed by atoms with Crippen LogP contribution in [0.25, 0.3) is 0 Å². The number of hydrogen-bond donors (Lipinski definition) is 1. The van der Waals surface area contributed by atoms with Crippen LogP contribution in [0.4, 0.5) is 5.69 Å². The minimum Gasteiger partial charge on any atom is -0.368 e. The number of hydrogen-bond acceptors (Lipinski definition) is 4. The first-order chi connectivity index (χ1) is 9.91. The Morgan fingerprint density at radius 3 is 2.71 bits per heavy atom. The second-order valence-corrected chi connectivity index (χ2v) is 5.69. The number of nitro benzene ring substituents is 1. The van der Waals surface area contributed by atoms with E-state index in [0.29, 0.717) is 17.4 Å². The molecular formula is C13H14BrN3O4. The Morgan fingerprint density at radius 1 is 1.38 bits per heavy atom.